The van der Waals surface area contributed by atoms with E-state index in [-0.39, 0.29) is 0 Å². The highest BCUT2D eigenvalue weighted by Crippen LogP contribution is 2.45. The molecule has 0 spiro atoms. The third-order valence-electron chi connectivity index (χ3n) is 3.74. The first kappa shape index (κ1) is 19.7. The summed E-state index contributed by atoms with van der Waals surface area (Å²) in [4.78, 5) is 2.02. The molecule has 0 aliphatic carbocycles. The smallest absolute Gasteiger partial charge is 0.143 e. The van der Waals surface area contributed by atoms with Gasteiger partial charge in [0, 0.05) is 9.79 Å². The Hall–Kier alpha value is -1.03. The van der Waals surface area contributed by atoms with Crippen molar-refractivity contribution in [3.05, 3.63) is 84.9 Å². The second-order valence-electron chi connectivity index (χ2n) is 5.52. The fraction of sp³-hybridized carbons (Fsp3) is 0.0476. The van der Waals surface area contributed by atoms with Crippen molar-refractivity contribution in [3.63, 3.8) is 0 Å². The van der Waals surface area contributed by atoms with Crippen LogP contribution < -0.4 is 0 Å². The molecule has 5 heteroatoms. The van der Waals surface area contributed by atoms with E-state index in [1.807, 2.05) is 66.7 Å². The molecule has 0 N–H and O–H groups in total. The molecule has 0 atom stereocenters. The number of thioether (sulfide) groups is 1. The summed E-state index contributed by atoms with van der Waals surface area (Å²) < 4.78 is -1.32. The first-order valence-corrected chi connectivity index (χ1v) is 10.2. The highest BCUT2D eigenvalue weighted by Gasteiger charge is 2.22. The molecule has 4 aromatic carbocycles. The van der Waals surface area contributed by atoms with Crippen LogP contribution in [0.5, 0.6) is 0 Å². The topological polar surface area (TPSA) is 0 Å². The highest BCUT2D eigenvalue weighted by atomic mass is 35.6. The van der Waals surface area contributed by atoms with Crippen molar-refractivity contribution in [1.82, 2.24) is 0 Å². The van der Waals surface area contributed by atoms with Crippen LogP contribution in [0.2, 0.25) is 0 Å². The van der Waals surface area contributed by atoms with Gasteiger partial charge in [0.05, 0.1) is 0 Å². The van der Waals surface area contributed by atoms with E-state index in [9.17, 15) is 0 Å². The van der Waals surface area contributed by atoms with Crippen LogP contribution in [0.4, 0.5) is 0 Å². The van der Waals surface area contributed by atoms with Gasteiger partial charge in [-0.1, -0.05) is 119 Å². The third-order valence-corrected chi connectivity index (χ3v) is 5.63. The lowest BCUT2D eigenvalue weighted by Gasteiger charge is -2.11. The van der Waals surface area contributed by atoms with Gasteiger partial charge in [-0.25, -0.2) is 0 Å². The maximum atomic E-state index is 5.76. The second-order valence-corrected chi connectivity index (χ2v) is 10.2. The van der Waals surface area contributed by atoms with Crippen molar-refractivity contribution in [3.8, 4) is 0 Å². The van der Waals surface area contributed by atoms with E-state index in [0.717, 1.165) is 20.6 Å². The normalized spacial score (nSPS) is 11.2. The molecule has 26 heavy (non-hydrogen) atoms. The summed E-state index contributed by atoms with van der Waals surface area (Å²) in [6.45, 7) is 0. The lowest BCUT2D eigenvalue weighted by molar-refractivity contribution is 1.53. The number of rotatable bonds is 1. The molecule has 0 amide bonds. The Labute approximate surface area is 177 Å². The van der Waals surface area contributed by atoms with Crippen molar-refractivity contribution in [1.29, 1.82) is 0 Å². The fourth-order valence-electron chi connectivity index (χ4n) is 2.62. The molecular weight excluding hydrogens is 423 g/mol. The van der Waals surface area contributed by atoms with Gasteiger partial charge in [-0.05, 0) is 33.7 Å². The van der Waals surface area contributed by atoms with Gasteiger partial charge in [0.2, 0.25) is 3.12 Å². The summed E-state index contributed by atoms with van der Waals surface area (Å²) in [7, 11) is 0. The van der Waals surface area contributed by atoms with Crippen LogP contribution in [-0.2, 0) is 0 Å². The Morgan fingerprint density at radius 2 is 1.12 bits per heavy atom. The van der Waals surface area contributed by atoms with Gasteiger partial charge >= 0.3 is 0 Å². The van der Waals surface area contributed by atoms with Crippen LogP contribution in [0, 0.1) is 0 Å². The Morgan fingerprint density at radius 1 is 0.615 bits per heavy atom. The molecule has 4 rings (SSSR count). The molecule has 0 aliphatic rings. The number of halogens is 3. The first-order valence-electron chi connectivity index (χ1n) is 7.84. The van der Waals surface area contributed by atoms with Crippen LogP contribution in [-0.4, -0.2) is 3.12 Å². The minimum atomic E-state index is -1.32. The third kappa shape index (κ3) is 5.25. The van der Waals surface area contributed by atoms with Gasteiger partial charge in [0.1, 0.15) is 0 Å². The summed E-state index contributed by atoms with van der Waals surface area (Å²) in [5, 5.41) is 4.73. The van der Waals surface area contributed by atoms with E-state index < -0.39 is 3.12 Å². The number of thiol groups is 1. The zero-order valence-corrected chi connectivity index (χ0v) is 17.6. The van der Waals surface area contributed by atoms with Crippen molar-refractivity contribution in [2.45, 2.75) is 12.9 Å². The summed E-state index contributed by atoms with van der Waals surface area (Å²) >= 11 is 22.9. The molecule has 0 aromatic heterocycles. The minimum Gasteiger partial charge on any atom is -0.143 e. The fourth-order valence-corrected chi connectivity index (χ4v) is 4.35. The molecule has 0 saturated carbocycles. The van der Waals surface area contributed by atoms with E-state index in [2.05, 4.69) is 30.8 Å². The van der Waals surface area contributed by atoms with Gasteiger partial charge < -0.3 is 0 Å². The predicted molar refractivity (Wildman–Crippen MR) is 121 cm³/mol. The Kier molecular flexibility index (Phi) is 6.65. The number of alkyl halides is 3. The summed E-state index contributed by atoms with van der Waals surface area (Å²) in [6.07, 6.45) is 0. The molecule has 132 valence electrons. The van der Waals surface area contributed by atoms with Gasteiger partial charge in [-0.3, -0.25) is 0 Å². The van der Waals surface area contributed by atoms with E-state index in [4.69, 9.17) is 34.8 Å². The van der Waals surface area contributed by atoms with E-state index >= 15 is 0 Å². The lowest BCUT2D eigenvalue weighted by atomic mass is 10.1. The largest absolute Gasteiger partial charge is 0.241 e. The van der Waals surface area contributed by atoms with Crippen molar-refractivity contribution in [2.24, 2.45) is 0 Å². The van der Waals surface area contributed by atoms with E-state index in [1.54, 1.807) is 0 Å². The van der Waals surface area contributed by atoms with Gasteiger partial charge in [-0.2, -0.15) is 0 Å². The van der Waals surface area contributed by atoms with Crippen molar-refractivity contribution >= 4 is 80.7 Å². The van der Waals surface area contributed by atoms with Gasteiger partial charge in [0.15, 0.2) is 0 Å². The molecule has 0 unspecified atom stereocenters. The second kappa shape index (κ2) is 8.77. The quantitative estimate of drug-likeness (QED) is 0.177. The van der Waals surface area contributed by atoms with Gasteiger partial charge in [0.25, 0.3) is 0 Å². The average molecular weight is 438 g/mol. The molecule has 0 saturated heterocycles. The standard InChI is InChI=1S/C11H7Cl3S.C10H8S/c12-11(13,14)15-10-7-3-5-8-4-1-2-6-9(8)10;11-10-7-3-5-8-4-1-2-6-9(8)10/h1-7H;1-7,11H. The summed E-state index contributed by atoms with van der Waals surface area (Å²) in [6, 6.07) is 28.3. The van der Waals surface area contributed by atoms with Crippen LogP contribution >= 0.6 is 59.2 Å². The average Bonchev–Trinajstić information content (AvgIpc) is 2.62. The van der Waals surface area contributed by atoms with Crippen LogP contribution in [0.15, 0.2) is 94.7 Å². The van der Waals surface area contributed by atoms with Crippen LogP contribution in [0.1, 0.15) is 0 Å². The molecule has 0 bridgehead atoms. The maximum absolute atomic E-state index is 5.76. The maximum Gasteiger partial charge on any atom is 0.241 e. The number of benzene rings is 4. The zero-order valence-electron chi connectivity index (χ0n) is 13.6. The van der Waals surface area contributed by atoms with Crippen LogP contribution in [0.25, 0.3) is 21.5 Å². The molecule has 0 radical (unpaired) electrons. The summed E-state index contributed by atoms with van der Waals surface area (Å²) in [5.41, 5.74) is 0. The minimum absolute atomic E-state index is 0.980. The molecule has 0 heterocycles. The zero-order chi connectivity index (χ0) is 18.6. The monoisotopic (exact) mass is 436 g/mol. The van der Waals surface area contributed by atoms with Crippen molar-refractivity contribution < 1.29 is 0 Å². The Morgan fingerprint density at radius 3 is 1.73 bits per heavy atom. The highest BCUT2D eigenvalue weighted by molar-refractivity contribution is 8.04. The number of hydrogen-bond acceptors (Lipinski definition) is 2. The number of fused-ring (bicyclic) bond motifs is 2. The lowest BCUT2D eigenvalue weighted by Crippen LogP contribution is -1.93. The predicted octanol–water partition coefficient (Wildman–Crippen LogP) is 8.39. The SMILES string of the molecule is ClC(Cl)(Cl)Sc1cccc2ccccc12.Sc1cccc2ccccc12. The Balaban J connectivity index is 0.000000158. The molecule has 0 fully saturated rings. The summed E-state index contributed by atoms with van der Waals surface area (Å²) in [5.74, 6) is 0. The molecule has 0 nitrogen and oxygen atoms in total. The number of hydrogen-bond donors (Lipinski definition) is 1. The van der Waals surface area contributed by atoms with Crippen molar-refractivity contribution in [2.75, 3.05) is 0 Å². The first-order chi connectivity index (χ1) is 12.4. The van der Waals surface area contributed by atoms with Gasteiger partial charge in [-0.15, -0.1) is 12.6 Å². The van der Waals surface area contributed by atoms with E-state index in [1.165, 1.54) is 22.5 Å². The molecule has 0 aliphatic heterocycles. The van der Waals surface area contributed by atoms with E-state index in [0.29, 0.717) is 0 Å². The van der Waals surface area contributed by atoms with Crippen LogP contribution in [0.3, 0.4) is 0 Å². The Bertz CT molecular complexity index is 1020. The molecule has 4 aromatic rings. The molecular formula is C21H15Cl3S2.